The van der Waals surface area contributed by atoms with Crippen molar-refractivity contribution in [2.45, 2.75) is 49.3 Å². The van der Waals surface area contributed by atoms with Crippen LogP contribution in [-0.2, 0) is 17.0 Å². The maximum Gasteiger partial charge on any atom is 0.254 e. The molecule has 0 unspecified atom stereocenters. The molecule has 172 valence electrons. The highest BCUT2D eigenvalue weighted by Gasteiger charge is 2.26. The van der Waals surface area contributed by atoms with Crippen molar-refractivity contribution in [3.05, 3.63) is 81.8 Å². The number of hydrogen-bond acceptors (Lipinski definition) is 5. The second kappa shape index (κ2) is 11.5. The summed E-state index contributed by atoms with van der Waals surface area (Å²) in [7, 11) is 0. The molecule has 0 bridgehead atoms. The van der Waals surface area contributed by atoms with Gasteiger partial charge in [0.25, 0.3) is 5.91 Å². The predicted molar refractivity (Wildman–Crippen MR) is 135 cm³/mol. The number of thioether (sulfide) groups is 1. The fraction of sp³-hybridized carbons (Fsp3) is 0.346. The van der Waals surface area contributed by atoms with Crippen molar-refractivity contribution in [3.8, 4) is 0 Å². The highest BCUT2D eigenvalue weighted by atomic mass is 32.2. The third-order valence-electron chi connectivity index (χ3n) is 5.79. The molecule has 0 atom stereocenters. The quantitative estimate of drug-likeness (QED) is 0.457. The Balaban J connectivity index is 1.26. The number of rotatable bonds is 8. The number of likely N-dealkylation sites (tertiary alicyclic amines) is 1. The van der Waals surface area contributed by atoms with Crippen molar-refractivity contribution in [1.82, 2.24) is 15.2 Å². The van der Waals surface area contributed by atoms with Gasteiger partial charge >= 0.3 is 0 Å². The summed E-state index contributed by atoms with van der Waals surface area (Å²) in [5.74, 6) is 0.912. The molecule has 2 heterocycles. The van der Waals surface area contributed by atoms with Gasteiger partial charge in [0.15, 0.2) is 0 Å². The third-order valence-corrected chi connectivity index (χ3v) is 7.72. The van der Waals surface area contributed by atoms with Crippen LogP contribution in [0.4, 0.5) is 0 Å². The Morgan fingerprint density at radius 1 is 1.09 bits per heavy atom. The van der Waals surface area contributed by atoms with Gasteiger partial charge in [-0.2, -0.15) is 0 Å². The minimum atomic E-state index is 0.0708. The lowest BCUT2D eigenvalue weighted by Gasteiger charge is -2.32. The first-order valence-corrected chi connectivity index (χ1v) is 13.2. The van der Waals surface area contributed by atoms with Crippen LogP contribution in [0.3, 0.4) is 0 Å². The Morgan fingerprint density at radius 2 is 1.82 bits per heavy atom. The van der Waals surface area contributed by atoms with E-state index in [-0.39, 0.29) is 17.9 Å². The number of benzene rings is 2. The SMILES string of the molecule is Cc1nc(CSc2ccccc2C(=O)N2CCC(NC(=O)CCc3ccccc3)CC2)cs1. The summed E-state index contributed by atoms with van der Waals surface area (Å²) in [4.78, 5) is 33.0. The summed E-state index contributed by atoms with van der Waals surface area (Å²) >= 11 is 3.31. The van der Waals surface area contributed by atoms with E-state index in [0.717, 1.165) is 46.2 Å². The van der Waals surface area contributed by atoms with E-state index in [2.05, 4.69) is 15.7 Å². The first kappa shape index (κ1) is 23.5. The number of hydrogen-bond donors (Lipinski definition) is 1. The van der Waals surface area contributed by atoms with Crippen molar-refractivity contribution in [2.24, 2.45) is 0 Å². The molecule has 1 fully saturated rings. The molecule has 0 saturated carbocycles. The van der Waals surface area contributed by atoms with Crippen LogP contribution < -0.4 is 5.32 Å². The van der Waals surface area contributed by atoms with Crippen LogP contribution in [-0.4, -0.2) is 40.8 Å². The number of piperidine rings is 1. The largest absolute Gasteiger partial charge is 0.353 e. The highest BCUT2D eigenvalue weighted by Crippen LogP contribution is 2.28. The molecule has 0 radical (unpaired) electrons. The lowest BCUT2D eigenvalue weighted by molar-refractivity contribution is -0.122. The van der Waals surface area contributed by atoms with Crippen molar-refractivity contribution < 1.29 is 9.59 Å². The molecule has 3 aromatic rings. The number of aromatic nitrogens is 1. The minimum absolute atomic E-state index is 0.0708. The van der Waals surface area contributed by atoms with Crippen LogP contribution >= 0.6 is 23.1 Å². The van der Waals surface area contributed by atoms with Crippen LogP contribution in [0.1, 0.15) is 45.9 Å². The number of carbonyl (C=O) groups excluding carboxylic acids is 2. The molecule has 1 saturated heterocycles. The lowest BCUT2D eigenvalue weighted by atomic mass is 10.0. The second-order valence-corrected chi connectivity index (χ2v) is 10.3. The van der Waals surface area contributed by atoms with Gasteiger partial charge in [0.1, 0.15) is 0 Å². The number of amides is 2. The van der Waals surface area contributed by atoms with E-state index in [4.69, 9.17) is 0 Å². The third kappa shape index (κ3) is 6.68. The van der Waals surface area contributed by atoms with Crippen molar-refractivity contribution >= 4 is 34.9 Å². The maximum atomic E-state index is 13.2. The van der Waals surface area contributed by atoms with E-state index in [1.54, 1.807) is 23.1 Å². The van der Waals surface area contributed by atoms with E-state index in [9.17, 15) is 9.59 Å². The molecule has 4 rings (SSSR count). The summed E-state index contributed by atoms with van der Waals surface area (Å²) < 4.78 is 0. The Hall–Kier alpha value is -2.64. The van der Waals surface area contributed by atoms with Crippen molar-refractivity contribution in [2.75, 3.05) is 13.1 Å². The molecule has 1 aliphatic rings. The number of nitrogens with one attached hydrogen (secondary N) is 1. The fourth-order valence-electron chi connectivity index (χ4n) is 4.00. The smallest absolute Gasteiger partial charge is 0.254 e. The fourth-order valence-corrected chi connectivity index (χ4v) is 5.65. The summed E-state index contributed by atoms with van der Waals surface area (Å²) in [6.07, 6.45) is 2.82. The molecule has 33 heavy (non-hydrogen) atoms. The van der Waals surface area contributed by atoms with E-state index in [1.807, 2.05) is 66.4 Å². The van der Waals surface area contributed by atoms with Crippen LogP contribution in [0.5, 0.6) is 0 Å². The van der Waals surface area contributed by atoms with Gasteiger partial charge in [0.2, 0.25) is 5.91 Å². The molecule has 2 amide bonds. The lowest BCUT2D eigenvalue weighted by Crippen LogP contribution is -2.46. The monoisotopic (exact) mass is 479 g/mol. The van der Waals surface area contributed by atoms with E-state index in [1.165, 1.54) is 5.56 Å². The number of carbonyl (C=O) groups is 2. The van der Waals surface area contributed by atoms with Gasteiger partial charge in [-0.3, -0.25) is 9.59 Å². The topological polar surface area (TPSA) is 62.3 Å². The summed E-state index contributed by atoms with van der Waals surface area (Å²) in [6, 6.07) is 18.0. The zero-order valence-corrected chi connectivity index (χ0v) is 20.5. The summed E-state index contributed by atoms with van der Waals surface area (Å²) in [5, 5.41) is 6.29. The Kier molecular flexibility index (Phi) is 8.18. The molecular weight excluding hydrogens is 450 g/mol. The Labute approximate surface area is 203 Å². The highest BCUT2D eigenvalue weighted by molar-refractivity contribution is 7.98. The first-order valence-electron chi connectivity index (χ1n) is 11.3. The van der Waals surface area contributed by atoms with Gasteiger partial charge in [-0.1, -0.05) is 42.5 Å². The normalized spacial score (nSPS) is 14.3. The van der Waals surface area contributed by atoms with Crippen LogP contribution in [0, 0.1) is 6.92 Å². The molecule has 0 spiro atoms. The predicted octanol–water partition coefficient (Wildman–Crippen LogP) is 5.10. The van der Waals surface area contributed by atoms with E-state index in [0.29, 0.717) is 19.5 Å². The minimum Gasteiger partial charge on any atom is -0.353 e. The van der Waals surface area contributed by atoms with Gasteiger partial charge in [-0.15, -0.1) is 23.1 Å². The number of aryl methyl sites for hydroxylation is 2. The zero-order valence-electron chi connectivity index (χ0n) is 18.8. The maximum absolute atomic E-state index is 13.2. The van der Waals surface area contributed by atoms with Crippen LogP contribution in [0.2, 0.25) is 0 Å². The number of thiazole rings is 1. The molecule has 5 nitrogen and oxygen atoms in total. The van der Waals surface area contributed by atoms with Crippen molar-refractivity contribution in [3.63, 3.8) is 0 Å². The standard InChI is InChI=1S/C26H29N3O2S2/c1-19-27-22(17-32-19)18-33-24-10-6-5-9-23(24)26(31)29-15-13-21(14-16-29)28-25(30)12-11-20-7-3-2-4-8-20/h2-10,17,21H,11-16,18H2,1H3,(H,28,30). The molecular formula is C26H29N3O2S2. The van der Waals surface area contributed by atoms with Crippen LogP contribution in [0.15, 0.2) is 64.9 Å². The molecule has 2 aromatic carbocycles. The summed E-state index contributed by atoms with van der Waals surface area (Å²) in [6.45, 7) is 3.32. The van der Waals surface area contributed by atoms with Gasteiger partial charge in [-0.25, -0.2) is 4.98 Å². The molecule has 1 N–H and O–H groups in total. The Bertz CT molecular complexity index is 1080. The Morgan fingerprint density at radius 3 is 2.55 bits per heavy atom. The second-order valence-electron chi connectivity index (χ2n) is 8.26. The van der Waals surface area contributed by atoms with Gasteiger partial charge in [-0.05, 0) is 43.9 Å². The summed E-state index contributed by atoms with van der Waals surface area (Å²) in [5.41, 5.74) is 2.97. The molecule has 0 aliphatic carbocycles. The zero-order chi connectivity index (χ0) is 23.0. The van der Waals surface area contributed by atoms with Gasteiger partial charge in [0.05, 0.1) is 16.3 Å². The van der Waals surface area contributed by atoms with E-state index >= 15 is 0 Å². The van der Waals surface area contributed by atoms with Crippen LogP contribution in [0.25, 0.3) is 0 Å². The number of nitrogens with zero attached hydrogens (tertiary/aromatic N) is 2. The van der Waals surface area contributed by atoms with Crippen molar-refractivity contribution in [1.29, 1.82) is 0 Å². The van der Waals surface area contributed by atoms with Gasteiger partial charge < -0.3 is 10.2 Å². The molecule has 1 aromatic heterocycles. The molecule has 7 heteroatoms. The average Bonchev–Trinajstić information content (AvgIpc) is 3.27. The van der Waals surface area contributed by atoms with E-state index < -0.39 is 0 Å². The average molecular weight is 480 g/mol. The van der Waals surface area contributed by atoms with Gasteiger partial charge in [0, 0.05) is 41.6 Å². The first-order chi connectivity index (χ1) is 16.1. The molecule has 1 aliphatic heterocycles.